The Bertz CT molecular complexity index is 891. The standard InChI is InChI=1S/C19H19N3O6/c1-11(17(25)12-6-8-15(9-7-12)28-10-16(23)24)21-19(26)14-4-2-13(3-5-14)18(20)22-27/h2-9,11,27H,10H2,1H3,(H2,20,22)(H,21,26)(H,23,24). The fraction of sp³-hybridized carbons (Fsp3) is 0.158. The van der Waals surface area contributed by atoms with Crippen LogP contribution in [0.4, 0.5) is 0 Å². The van der Waals surface area contributed by atoms with Crippen LogP contribution in [0.1, 0.15) is 33.2 Å². The number of carbonyl (C=O) groups is 3. The molecule has 28 heavy (non-hydrogen) atoms. The minimum Gasteiger partial charge on any atom is -0.482 e. The number of Topliss-reactive ketones (excluding diaryl/α,β-unsaturated/α-hetero) is 1. The molecule has 0 aliphatic carbocycles. The lowest BCUT2D eigenvalue weighted by molar-refractivity contribution is -0.139. The third kappa shape index (κ3) is 5.31. The number of hydrogen-bond donors (Lipinski definition) is 4. The molecule has 0 aromatic heterocycles. The highest BCUT2D eigenvalue weighted by Gasteiger charge is 2.18. The number of nitrogens with one attached hydrogen (secondary N) is 1. The van der Waals surface area contributed by atoms with Gasteiger partial charge in [0.15, 0.2) is 18.2 Å². The molecular formula is C19H19N3O6. The molecule has 1 amide bonds. The molecule has 0 saturated carbocycles. The summed E-state index contributed by atoms with van der Waals surface area (Å²) in [6.45, 7) is 1.08. The molecular weight excluding hydrogens is 366 g/mol. The van der Waals surface area contributed by atoms with E-state index in [2.05, 4.69) is 10.5 Å². The fourth-order valence-corrected chi connectivity index (χ4v) is 2.31. The van der Waals surface area contributed by atoms with Crippen LogP contribution in [0.5, 0.6) is 5.75 Å². The van der Waals surface area contributed by atoms with Gasteiger partial charge in [0.25, 0.3) is 5.91 Å². The van der Waals surface area contributed by atoms with E-state index < -0.39 is 24.5 Å². The maximum Gasteiger partial charge on any atom is 0.341 e. The molecule has 5 N–H and O–H groups in total. The van der Waals surface area contributed by atoms with E-state index in [4.69, 9.17) is 20.8 Å². The number of nitrogens with zero attached hydrogens (tertiary/aromatic N) is 1. The van der Waals surface area contributed by atoms with Crippen LogP contribution in [0.2, 0.25) is 0 Å². The van der Waals surface area contributed by atoms with Gasteiger partial charge in [-0.15, -0.1) is 0 Å². The Morgan fingerprint density at radius 1 is 1.04 bits per heavy atom. The number of aliphatic carboxylic acids is 1. The van der Waals surface area contributed by atoms with Crippen molar-refractivity contribution in [2.24, 2.45) is 10.9 Å². The average molecular weight is 385 g/mol. The topological polar surface area (TPSA) is 151 Å². The lowest BCUT2D eigenvalue weighted by atomic mass is 10.0. The van der Waals surface area contributed by atoms with Crippen molar-refractivity contribution in [1.82, 2.24) is 5.32 Å². The SMILES string of the molecule is CC(NC(=O)c1ccc(/C(N)=N/O)cc1)C(=O)c1ccc(OCC(=O)O)cc1. The molecule has 0 radical (unpaired) electrons. The number of carboxylic acids is 1. The zero-order chi connectivity index (χ0) is 20.7. The second-order valence-electron chi connectivity index (χ2n) is 5.83. The molecule has 1 atom stereocenters. The van der Waals surface area contributed by atoms with Crippen LogP contribution >= 0.6 is 0 Å². The van der Waals surface area contributed by atoms with Crippen LogP contribution in [-0.4, -0.2) is 46.5 Å². The van der Waals surface area contributed by atoms with E-state index in [9.17, 15) is 14.4 Å². The molecule has 0 heterocycles. The van der Waals surface area contributed by atoms with Crippen LogP contribution < -0.4 is 15.8 Å². The molecule has 0 aliphatic rings. The second-order valence-corrected chi connectivity index (χ2v) is 5.83. The van der Waals surface area contributed by atoms with E-state index in [1.54, 1.807) is 6.92 Å². The molecule has 146 valence electrons. The van der Waals surface area contributed by atoms with Gasteiger partial charge in [-0.05, 0) is 43.3 Å². The third-order valence-electron chi connectivity index (χ3n) is 3.79. The summed E-state index contributed by atoms with van der Waals surface area (Å²) in [6.07, 6.45) is 0. The Balaban J connectivity index is 1.99. The molecule has 1 unspecified atom stereocenters. The lowest BCUT2D eigenvalue weighted by Crippen LogP contribution is -2.38. The summed E-state index contributed by atoms with van der Waals surface area (Å²) in [5.41, 5.74) is 6.58. The number of carboxylic acid groups (broad SMARTS) is 1. The quantitative estimate of drug-likeness (QED) is 0.175. The first-order chi connectivity index (χ1) is 13.3. The first kappa shape index (κ1) is 20.4. The highest BCUT2D eigenvalue weighted by atomic mass is 16.5. The summed E-state index contributed by atoms with van der Waals surface area (Å²) in [7, 11) is 0. The normalized spacial score (nSPS) is 12.1. The van der Waals surface area contributed by atoms with E-state index in [1.807, 2.05) is 0 Å². The van der Waals surface area contributed by atoms with E-state index in [0.29, 0.717) is 22.4 Å². The molecule has 0 spiro atoms. The van der Waals surface area contributed by atoms with Crippen molar-refractivity contribution in [3.05, 3.63) is 65.2 Å². The predicted octanol–water partition coefficient (Wildman–Crippen LogP) is 1.25. The van der Waals surface area contributed by atoms with E-state index in [-0.39, 0.29) is 11.6 Å². The highest BCUT2D eigenvalue weighted by molar-refractivity contribution is 6.04. The molecule has 9 nitrogen and oxygen atoms in total. The minimum absolute atomic E-state index is 0.0775. The maximum atomic E-state index is 12.5. The van der Waals surface area contributed by atoms with Crippen molar-refractivity contribution >= 4 is 23.5 Å². The molecule has 0 aliphatic heterocycles. The number of rotatable bonds is 8. The number of hydrogen-bond acceptors (Lipinski definition) is 6. The van der Waals surface area contributed by atoms with Crippen molar-refractivity contribution in [2.45, 2.75) is 13.0 Å². The Hall–Kier alpha value is -3.88. The van der Waals surface area contributed by atoms with Crippen molar-refractivity contribution in [2.75, 3.05) is 6.61 Å². The molecule has 0 fully saturated rings. The predicted molar refractivity (Wildman–Crippen MR) is 99.8 cm³/mol. The molecule has 0 bridgehead atoms. The zero-order valence-electron chi connectivity index (χ0n) is 15.0. The van der Waals surface area contributed by atoms with Gasteiger partial charge in [0.1, 0.15) is 5.75 Å². The Morgan fingerprint density at radius 3 is 2.11 bits per heavy atom. The summed E-state index contributed by atoms with van der Waals surface area (Å²) < 4.78 is 5.01. The Labute approximate surface area is 160 Å². The molecule has 0 saturated heterocycles. The highest BCUT2D eigenvalue weighted by Crippen LogP contribution is 2.14. The zero-order valence-corrected chi connectivity index (χ0v) is 15.0. The second kappa shape index (κ2) is 9.17. The van der Waals surface area contributed by atoms with E-state index >= 15 is 0 Å². The first-order valence-corrected chi connectivity index (χ1v) is 8.19. The van der Waals surface area contributed by atoms with E-state index in [0.717, 1.165) is 0 Å². The first-order valence-electron chi connectivity index (χ1n) is 8.19. The Kier molecular flexibility index (Phi) is 6.69. The van der Waals surface area contributed by atoms with Crippen molar-refractivity contribution in [1.29, 1.82) is 0 Å². The lowest BCUT2D eigenvalue weighted by Gasteiger charge is -2.13. The number of benzene rings is 2. The largest absolute Gasteiger partial charge is 0.482 e. The van der Waals surface area contributed by atoms with Crippen molar-refractivity contribution < 1.29 is 29.4 Å². The number of amides is 1. The summed E-state index contributed by atoms with van der Waals surface area (Å²) in [6, 6.07) is 11.2. The van der Waals surface area contributed by atoms with Gasteiger partial charge in [0.05, 0.1) is 6.04 Å². The van der Waals surface area contributed by atoms with Crippen molar-refractivity contribution in [3.63, 3.8) is 0 Å². The smallest absolute Gasteiger partial charge is 0.341 e. The average Bonchev–Trinajstić information content (AvgIpc) is 2.71. The number of oxime groups is 1. The minimum atomic E-state index is -1.10. The molecule has 2 aromatic rings. The number of ketones is 1. The summed E-state index contributed by atoms with van der Waals surface area (Å²) >= 11 is 0. The van der Waals surface area contributed by atoms with Crippen LogP contribution in [0.25, 0.3) is 0 Å². The molecule has 2 rings (SSSR count). The van der Waals surface area contributed by atoms with Gasteiger partial charge in [-0.3, -0.25) is 9.59 Å². The fourth-order valence-electron chi connectivity index (χ4n) is 2.31. The maximum absolute atomic E-state index is 12.5. The van der Waals surface area contributed by atoms with Gasteiger partial charge in [-0.2, -0.15) is 0 Å². The number of nitrogens with two attached hydrogens (primary N) is 1. The van der Waals surface area contributed by atoms with Gasteiger partial charge in [-0.1, -0.05) is 17.3 Å². The van der Waals surface area contributed by atoms with Gasteiger partial charge < -0.3 is 26.1 Å². The summed E-state index contributed by atoms with van der Waals surface area (Å²) in [4.78, 5) is 35.2. The van der Waals surface area contributed by atoms with Crippen LogP contribution in [0.3, 0.4) is 0 Å². The third-order valence-corrected chi connectivity index (χ3v) is 3.79. The van der Waals surface area contributed by atoms with Crippen LogP contribution in [0.15, 0.2) is 53.7 Å². The Morgan fingerprint density at radius 2 is 1.57 bits per heavy atom. The van der Waals surface area contributed by atoms with Gasteiger partial charge in [0, 0.05) is 16.7 Å². The summed E-state index contributed by atoms with van der Waals surface area (Å²) in [5.74, 6) is -1.62. The summed E-state index contributed by atoms with van der Waals surface area (Å²) in [5, 5.41) is 22.7. The number of amidine groups is 1. The van der Waals surface area contributed by atoms with Gasteiger partial charge >= 0.3 is 5.97 Å². The van der Waals surface area contributed by atoms with Crippen LogP contribution in [0, 0.1) is 0 Å². The van der Waals surface area contributed by atoms with Gasteiger partial charge in [-0.25, -0.2) is 4.79 Å². The number of carbonyl (C=O) groups excluding carboxylic acids is 2. The molecule has 9 heteroatoms. The van der Waals surface area contributed by atoms with Crippen molar-refractivity contribution in [3.8, 4) is 5.75 Å². The van der Waals surface area contributed by atoms with Crippen LogP contribution in [-0.2, 0) is 4.79 Å². The van der Waals surface area contributed by atoms with Gasteiger partial charge in [0.2, 0.25) is 0 Å². The molecule has 2 aromatic carbocycles. The number of ether oxygens (including phenoxy) is 1. The monoisotopic (exact) mass is 385 g/mol. The van der Waals surface area contributed by atoms with E-state index in [1.165, 1.54) is 48.5 Å².